The molecule has 0 fully saturated rings. The molecule has 10 aromatic carbocycles. The summed E-state index contributed by atoms with van der Waals surface area (Å²) >= 11 is 0. The van der Waals surface area contributed by atoms with Crippen molar-refractivity contribution < 1.29 is 0 Å². The molecule has 10 aromatic rings. The van der Waals surface area contributed by atoms with Crippen LogP contribution in [-0.4, -0.2) is 0 Å². The monoisotopic (exact) mass is 792 g/mol. The Bertz CT molecular complexity index is 3170. The van der Waals surface area contributed by atoms with Crippen LogP contribution in [-0.2, 0) is 0 Å². The van der Waals surface area contributed by atoms with Gasteiger partial charge >= 0.3 is 0 Å². The summed E-state index contributed by atoms with van der Waals surface area (Å²) in [6, 6.07) is 85.8. The van der Waals surface area contributed by atoms with Gasteiger partial charge in [-0.1, -0.05) is 243 Å². The molecule has 294 valence electrons. The molecule has 0 bridgehead atoms. The summed E-state index contributed by atoms with van der Waals surface area (Å²) in [5, 5.41) is 0. The average molecular weight is 793 g/mol. The molecular formula is C60H44N2. The highest BCUT2D eigenvalue weighted by atomic mass is 14.7. The SMILES string of the molecule is Nc1c(N)c(-c2ccccc2-c2ccccc2-c2ccccc2)c(-c2ccccc2-c2ccccc2-c2ccccc2)c(-c2ccccc2)c1-c1ccccc1-c1ccccc1. The Labute approximate surface area is 364 Å². The molecule has 0 saturated heterocycles. The van der Waals surface area contributed by atoms with Crippen molar-refractivity contribution in [1.29, 1.82) is 0 Å². The van der Waals surface area contributed by atoms with Crippen LogP contribution in [0.25, 0.3) is 100 Å². The van der Waals surface area contributed by atoms with E-state index in [1.165, 1.54) is 0 Å². The molecule has 0 aliphatic carbocycles. The first-order chi connectivity index (χ1) is 30.7. The second-order valence-corrected chi connectivity index (χ2v) is 15.5. The summed E-state index contributed by atoms with van der Waals surface area (Å²) in [6.07, 6.45) is 0. The van der Waals surface area contributed by atoms with Crippen LogP contribution >= 0.6 is 0 Å². The van der Waals surface area contributed by atoms with Gasteiger partial charge in [-0.15, -0.1) is 0 Å². The number of hydrogen-bond donors (Lipinski definition) is 2. The second kappa shape index (κ2) is 16.8. The van der Waals surface area contributed by atoms with Crippen molar-refractivity contribution in [1.82, 2.24) is 0 Å². The maximum Gasteiger partial charge on any atom is 0.0640 e. The van der Waals surface area contributed by atoms with Gasteiger partial charge in [0.15, 0.2) is 0 Å². The average Bonchev–Trinajstić information content (AvgIpc) is 3.36. The zero-order chi connectivity index (χ0) is 41.8. The van der Waals surface area contributed by atoms with Crippen molar-refractivity contribution in [3.8, 4) is 100 Å². The molecule has 2 nitrogen and oxygen atoms in total. The highest BCUT2D eigenvalue weighted by Gasteiger charge is 2.29. The number of benzene rings is 10. The van der Waals surface area contributed by atoms with Crippen LogP contribution in [0.1, 0.15) is 0 Å². The van der Waals surface area contributed by atoms with Crippen LogP contribution in [0.2, 0.25) is 0 Å². The number of nitrogens with two attached hydrogens (primary N) is 2. The predicted molar refractivity (Wildman–Crippen MR) is 264 cm³/mol. The predicted octanol–water partition coefficient (Wildman–Crippen LogP) is 15.9. The molecule has 0 unspecified atom stereocenters. The van der Waals surface area contributed by atoms with E-state index in [9.17, 15) is 0 Å². The van der Waals surface area contributed by atoms with Gasteiger partial charge in [0, 0.05) is 22.3 Å². The van der Waals surface area contributed by atoms with Gasteiger partial charge in [0.25, 0.3) is 0 Å². The first-order valence-corrected chi connectivity index (χ1v) is 21.1. The molecule has 0 heterocycles. The number of rotatable bonds is 9. The Balaban J connectivity index is 1.38. The van der Waals surface area contributed by atoms with Gasteiger partial charge in [0.1, 0.15) is 0 Å². The third-order valence-corrected chi connectivity index (χ3v) is 11.9. The zero-order valence-electron chi connectivity index (χ0n) is 34.2. The lowest BCUT2D eigenvalue weighted by Crippen LogP contribution is -2.07. The summed E-state index contributed by atoms with van der Waals surface area (Å²) in [5.74, 6) is 0. The van der Waals surface area contributed by atoms with Gasteiger partial charge in [-0.05, 0) is 77.9 Å². The molecule has 10 rings (SSSR count). The Morgan fingerprint density at radius 3 is 0.726 bits per heavy atom. The van der Waals surface area contributed by atoms with Crippen LogP contribution in [0, 0.1) is 0 Å². The van der Waals surface area contributed by atoms with Crippen LogP contribution < -0.4 is 11.5 Å². The molecule has 0 saturated carbocycles. The maximum absolute atomic E-state index is 7.71. The fourth-order valence-electron chi connectivity index (χ4n) is 9.13. The summed E-state index contributed by atoms with van der Waals surface area (Å²) in [5.41, 5.74) is 35.5. The van der Waals surface area contributed by atoms with Crippen molar-refractivity contribution in [2.75, 3.05) is 11.5 Å². The summed E-state index contributed by atoms with van der Waals surface area (Å²) < 4.78 is 0. The molecule has 0 aliphatic rings. The molecular weight excluding hydrogens is 749 g/mol. The highest BCUT2D eigenvalue weighted by molar-refractivity contribution is 6.16. The van der Waals surface area contributed by atoms with E-state index in [2.05, 4.69) is 243 Å². The topological polar surface area (TPSA) is 52.0 Å². The van der Waals surface area contributed by atoms with E-state index >= 15 is 0 Å². The maximum atomic E-state index is 7.71. The van der Waals surface area contributed by atoms with Gasteiger partial charge in [-0.2, -0.15) is 0 Å². The first kappa shape index (κ1) is 38.0. The summed E-state index contributed by atoms with van der Waals surface area (Å²) in [7, 11) is 0. The fourth-order valence-corrected chi connectivity index (χ4v) is 9.13. The van der Waals surface area contributed by atoms with Crippen molar-refractivity contribution in [3.05, 3.63) is 243 Å². The van der Waals surface area contributed by atoms with Gasteiger partial charge in [-0.3, -0.25) is 0 Å². The Hall–Kier alpha value is -8.20. The van der Waals surface area contributed by atoms with E-state index < -0.39 is 0 Å². The van der Waals surface area contributed by atoms with E-state index in [1.54, 1.807) is 0 Å². The zero-order valence-corrected chi connectivity index (χ0v) is 34.2. The smallest absolute Gasteiger partial charge is 0.0640 e. The standard InChI is InChI=1S/C60H44N2/c61-59-57(52-38-20-15-33-47(52)43-27-9-3-10-28-43)55(44-29-11-4-12-30-44)56(53-39-21-18-36-50(53)48-34-16-13-31-45(48)41-23-5-1-6-24-41)58(60(59)62)54-40-22-19-37-51(54)49-35-17-14-32-46(49)42-25-7-2-8-26-42/h1-40H,61-62H2. The second-order valence-electron chi connectivity index (χ2n) is 15.5. The third-order valence-electron chi connectivity index (χ3n) is 11.9. The minimum Gasteiger partial charge on any atom is -0.397 e. The quantitative estimate of drug-likeness (QED) is 0.143. The Morgan fingerprint density at radius 2 is 0.371 bits per heavy atom. The van der Waals surface area contributed by atoms with E-state index in [0.29, 0.717) is 11.4 Å². The molecule has 62 heavy (non-hydrogen) atoms. The molecule has 0 aromatic heterocycles. The number of hydrogen-bond acceptors (Lipinski definition) is 2. The van der Waals surface area contributed by atoms with Crippen molar-refractivity contribution >= 4 is 11.4 Å². The van der Waals surface area contributed by atoms with Crippen LogP contribution in [0.5, 0.6) is 0 Å². The molecule has 0 spiro atoms. The van der Waals surface area contributed by atoms with E-state index in [1.807, 2.05) is 0 Å². The summed E-state index contributed by atoms with van der Waals surface area (Å²) in [4.78, 5) is 0. The van der Waals surface area contributed by atoms with Crippen molar-refractivity contribution in [2.24, 2.45) is 0 Å². The minimum atomic E-state index is 0.535. The molecule has 0 radical (unpaired) electrons. The molecule has 0 amide bonds. The molecule has 2 heteroatoms. The largest absolute Gasteiger partial charge is 0.397 e. The molecule has 0 atom stereocenters. The normalized spacial score (nSPS) is 11.0. The highest BCUT2D eigenvalue weighted by Crippen LogP contribution is 2.56. The third kappa shape index (κ3) is 6.94. The Morgan fingerprint density at radius 1 is 0.161 bits per heavy atom. The van der Waals surface area contributed by atoms with Gasteiger partial charge < -0.3 is 11.5 Å². The van der Waals surface area contributed by atoms with Gasteiger partial charge in [0.2, 0.25) is 0 Å². The lowest BCUT2D eigenvalue weighted by atomic mass is 9.76. The molecule has 4 N–H and O–H groups in total. The lowest BCUT2D eigenvalue weighted by molar-refractivity contribution is 1.51. The van der Waals surface area contributed by atoms with Crippen molar-refractivity contribution in [3.63, 3.8) is 0 Å². The van der Waals surface area contributed by atoms with Gasteiger partial charge in [0.05, 0.1) is 11.4 Å². The van der Waals surface area contributed by atoms with E-state index in [4.69, 9.17) is 11.5 Å². The lowest BCUT2D eigenvalue weighted by Gasteiger charge is -2.28. The fraction of sp³-hybridized carbons (Fsp3) is 0. The van der Waals surface area contributed by atoms with Crippen LogP contribution in [0.4, 0.5) is 11.4 Å². The van der Waals surface area contributed by atoms with Crippen LogP contribution in [0.15, 0.2) is 243 Å². The van der Waals surface area contributed by atoms with E-state index in [0.717, 1.165) is 100 Å². The number of nitrogen functional groups attached to an aromatic ring is 2. The van der Waals surface area contributed by atoms with Crippen molar-refractivity contribution in [2.45, 2.75) is 0 Å². The summed E-state index contributed by atoms with van der Waals surface area (Å²) in [6.45, 7) is 0. The van der Waals surface area contributed by atoms with Crippen LogP contribution in [0.3, 0.4) is 0 Å². The Kier molecular flexibility index (Phi) is 10.3. The molecule has 0 aliphatic heterocycles. The van der Waals surface area contributed by atoms with Gasteiger partial charge in [-0.25, -0.2) is 0 Å². The first-order valence-electron chi connectivity index (χ1n) is 21.1. The number of anilines is 2. The van der Waals surface area contributed by atoms with E-state index in [-0.39, 0.29) is 0 Å². The minimum absolute atomic E-state index is 0.535.